The van der Waals surface area contributed by atoms with Crippen LogP contribution >= 0.6 is 0 Å². The van der Waals surface area contributed by atoms with Crippen molar-refractivity contribution in [2.24, 2.45) is 17.8 Å². The van der Waals surface area contributed by atoms with Gasteiger partial charge >= 0.3 is 0 Å². The largest absolute Gasteiger partial charge is 0.295 e. The smallest absolute Gasteiger partial charge is 0.249 e. The van der Waals surface area contributed by atoms with Gasteiger partial charge in [-0.05, 0) is 57.3 Å². The minimum Gasteiger partial charge on any atom is -0.295 e. The van der Waals surface area contributed by atoms with E-state index in [-0.39, 0.29) is 31.2 Å². The number of fused-ring (bicyclic) bond motifs is 1. The van der Waals surface area contributed by atoms with Crippen molar-refractivity contribution in [1.29, 1.82) is 0 Å². The molecule has 2 N–H and O–H groups in total. The highest BCUT2D eigenvalue weighted by Gasteiger charge is 2.54. The first kappa shape index (κ1) is 21.4. The number of rotatable bonds is 4. The molecule has 4 aliphatic rings. The lowest BCUT2D eigenvalue weighted by atomic mass is 9.79. The number of nitrogens with zero attached hydrogens (tertiary/aromatic N) is 1. The molecule has 0 aromatic rings. The van der Waals surface area contributed by atoms with E-state index in [0.29, 0.717) is 31.6 Å². The van der Waals surface area contributed by atoms with E-state index in [2.05, 4.69) is 17.0 Å². The van der Waals surface area contributed by atoms with Crippen molar-refractivity contribution in [2.75, 3.05) is 0 Å². The van der Waals surface area contributed by atoms with Crippen molar-refractivity contribution in [2.45, 2.75) is 82.0 Å². The van der Waals surface area contributed by atoms with Crippen LogP contribution in [0.4, 0.5) is 0 Å². The van der Waals surface area contributed by atoms with E-state index < -0.39 is 50.9 Å². The number of piperidine rings is 1. The van der Waals surface area contributed by atoms with Crippen LogP contribution in [0.3, 0.4) is 0 Å². The summed E-state index contributed by atoms with van der Waals surface area (Å²) in [5, 5.41) is 1.80. The molecule has 30 heavy (non-hydrogen) atoms. The van der Waals surface area contributed by atoms with E-state index in [1.165, 1.54) is 0 Å². The number of nitrogens with one attached hydrogen (secondary N) is 2. The van der Waals surface area contributed by atoms with Gasteiger partial charge in [0.05, 0.1) is 17.1 Å². The molecule has 2 saturated carbocycles. The lowest BCUT2D eigenvalue weighted by molar-refractivity contribution is -0.151. The fourth-order valence-electron chi connectivity index (χ4n) is 5.42. The number of likely N-dealkylation sites (tertiary alicyclic amines) is 1. The molecular formula is C20H29N3O6S. The summed E-state index contributed by atoms with van der Waals surface area (Å²) in [6, 6.07) is -1.33. The van der Waals surface area contributed by atoms with Crippen LogP contribution in [0.25, 0.3) is 0 Å². The van der Waals surface area contributed by atoms with Gasteiger partial charge in [-0.1, -0.05) is 6.92 Å². The number of imide groups is 2. The van der Waals surface area contributed by atoms with E-state index in [9.17, 15) is 27.6 Å². The number of hydrogen-bond donors (Lipinski definition) is 2. The highest BCUT2D eigenvalue weighted by Crippen LogP contribution is 2.40. The van der Waals surface area contributed by atoms with E-state index in [1.54, 1.807) is 0 Å². The van der Waals surface area contributed by atoms with Gasteiger partial charge in [0.25, 0.3) is 0 Å². The van der Waals surface area contributed by atoms with Gasteiger partial charge in [-0.3, -0.25) is 29.4 Å². The molecule has 4 amide bonds. The number of hydrogen-bond acceptors (Lipinski definition) is 6. The molecule has 4 rings (SSSR count). The molecule has 2 heterocycles. The molecule has 2 aliphatic carbocycles. The SMILES string of the molecule is CC1CCC(S(=O)(=O)NC2CCC3C(=O)N(C4CCC(=O)NC4=O)C(=O)C3C2)CC1. The van der Waals surface area contributed by atoms with Gasteiger partial charge in [-0.2, -0.15) is 0 Å². The second-order valence-corrected chi connectivity index (χ2v) is 11.3. The Bertz CT molecular complexity index is 864. The van der Waals surface area contributed by atoms with Gasteiger partial charge in [-0.25, -0.2) is 13.1 Å². The Balaban J connectivity index is 1.42. The van der Waals surface area contributed by atoms with Crippen LogP contribution in [0.2, 0.25) is 0 Å². The molecule has 0 aromatic carbocycles. The van der Waals surface area contributed by atoms with Gasteiger partial charge in [0.2, 0.25) is 33.7 Å². The molecule has 0 radical (unpaired) electrons. The Morgan fingerprint density at radius 1 is 0.900 bits per heavy atom. The molecule has 4 fully saturated rings. The van der Waals surface area contributed by atoms with Crippen LogP contribution < -0.4 is 10.0 Å². The molecule has 0 spiro atoms. The molecule has 166 valence electrons. The number of carbonyl (C=O) groups is 4. The summed E-state index contributed by atoms with van der Waals surface area (Å²) in [6.07, 6.45) is 4.49. The summed E-state index contributed by atoms with van der Waals surface area (Å²) in [6.45, 7) is 2.13. The lowest BCUT2D eigenvalue weighted by Gasteiger charge is -2.32. The number of carbonyl (C=O) groups excluding carboxylic acids is 4. The number of sulfonamides is 1. The van der Waals surface area contributed by atoms with Gasteiger partial charge in [-0.15, -0.1) is 0 Å². The minimum atomic E-state index is -3.48. The van der Waals surface area contributed by atoms with Crippen LogP contribution in [0.5, 0.6) is 0 Å². The molecule has 0 bridgehead atoms. The van der Waals surface area contributed by atoms with Crippen molar-refractivity contribution < 1.29 is 27.6 Å². The summed E-state index contributed by atoms with van der Waals surface area (Å²) in [5.74, 6) is -2.39. The fourth-order valence-corrected chi connectivity index (χ4v) is 7.18. The van der Waals surface area contributed by atoms with Crippen LogP contribution in [0, 0.1) is 17.8 Å². The normalized spacial score (nSPS) is 37.8. The predicted molar refractivity (Wildman–Crippen MR) is 106 cm³/mol. The third kappa shape index (κ3) is 3.91. The first-order chi connectivity index (χ1) is 14.2. The highest BCUT2D eigenvalue weighted by atomic mass is 32.2. The maximum Gasteiger partial charge on any atom is 0.249 e. The Morgan fingerprint density at radius 3 is 2.23 bits per heavy atom. The van der Waals surface area contributed by atoms with E-state index in [0.717, 1.165) is 17.7 Å². The molecule has 9 nitrogen and oxygen atoms in total. The van der Waals surface area contributed by atoms with Gasteiger partial charge in [0, 0.05) is 12.5 Å². The lowest BCUT2D eigenvalue weighted by Crippen LogP contribution is -2.54. The molecule has 10 heteroatoms. The van der Waals surface area contributed by atoms with Crippen molar-refractivity contribution >= 4 is 33.7 Å². The first-order valence-corrected chi connectivity index (χ1v) is 12.4. The van der Waals surface area contributed by atoms with Crippen molar-refractivity contribution in [3.63, 3.8) is 0 Å². The zero-order valence-electron chi connectivity index (χ0n) is 17.1. The third-order valence-electron chi connectivity index (χ3n) is 7.21. The van der Waals surface area contributed by atoms with Crippen LogP contribution in [0.1, 0.15) is 64.7 Å². The molecular weight excluding hydrogens is 410 g/mol. The molecule has 0 aromatic heterocycles. The van der Waals surface area contributed by atoms with Crippen LogP contribution in [-0.4, -0.2) is 54.3 Å². The summed E-state index contributed by atoms with van der Waals surface area (Å²) in [7, 11) is -3.48. The minimum absolute atomic E-state index is 0.0885. The van der Waals surface area contributed by atoms with Crippen molar-refractivity contribution in [3.05, 3.63) is 0 Å². The second kappa shape index (κ2) is 8.03. The van der Waals surface area contributed by atoms with Crippen LogP contribution in [0.15, 0.2) is 0 Å². The Kier molecular flexibility index (Phi) is 5.73. The highest BCUT2D eigenvalue weighted by molar-refractivity contribution is 7.90. The maximum absolute atomic E-state index is 13.0. The average molecular weight is 440 g/mol. The Labute approximate surface area is 176 Å². The second-order valence-electron chi connectivity index (χ2n) is 9.28. The molecule has 4 atom stereocenters. The quantitative estimate of drug-likeness (QED) is 0.612. The maximum atomic E-state index is 13.0. The summed E-state index contributed by atoms with van der Waals surface area (Å²) in [4.78, 5) is 50.4. The third-order valence-corrected chi connectivity index (χ3v) is 9.22. The van der Waals surface area contributed by atoms with Gasteiger partial charge in [0.15, 0.2) is 0 Å². The first-order valence-electron chi connectivity index (χ1n) is 10.9. The monoisotopic (exact) mass is 439 g/mol. The van der Waals surface area contributed by atoms with Crippen molar-refractivity contribution in [1.82, 2.24) is 14.9 Å². The average Bonchev–Trinajstić information content (AvgIpc) is 2.92. The Morgan fingerprint density at radius 2 is 1.57 bits per heavy atom. The van der Waals surface area contributed by atoms with E-state index >= 15 is 0 Å². The van der Waals surface area contributed by atoms with Crippen molar-refractivity contribution in [3.8, 4) is 0 Å². The van der Waals surface area contributed by atoms with E-state index in [4.69, 9.17) is 0 Å². The zero-order valence-corrected chi connectivity index (χ0v) is 17.9. The van der Waals surface area contributed by atoms with Gasteiger partial charge < -0.3 is 0 Å². The molecule has 2 aliphatic heterocycles. The zero-order chi connectivity index (χ0) is 21.6. The topological polar surface area (TPSA) is 130 Å². The summed E-state index contributed by atoms with van der Waals surface area (Å²) >= 11 is 0. The van der Waals surface area contributed by atoms with E-state index in [1.807, 2.05) is 0 Å². The molecule has 2 saturated heterocycles. The van der Waals surface area contributed by atoms with Crippen LogP contribution in [-0.2, 0) is 29.2 Å². The Hall–Kier alpha value is -1.81. The summed E-state index contributed by atoms with van der Waals surface area (Å²) in [5.41, 5.74) is 0. The fraction of sp³-hybridized carbons (Fsp3) is 0.800. The number of amides is 4. The standard InChI is InChI=1S/C20H29N3O6S/c1-11-2-5-13(6-3-11)30(28,29)22-12-4-7-14-15(10-12)20(27)23(19(14)26)16-8-9-17(24)21-18(16)25/h11-16,22H,2-10H2,1H3,(H,21,24,25). The van der Waals surface area contributed by atoms with Gasteiger partial charge in [0.1, 0.15) is 6.04 Å². The summed E-state index contributed by atoms with van der Waals surface area (Å²) < 4.78 is 28.5. The molecule has 4 unspecified atom stereocenters. The predicted octanol–water partition coefficient (Wildman–Crippen LogP) is 0.443.